The van der Waals surface area contributed by atoms with Crippen LogP contribution in [0, 0.1) is 13.8 Å². The molecule has 2 heteroatoms. The van der Waals surface area contributed by atoms with E-state index in [1.807, 2.05) is 32.0 Å². The van der Waals surface area contributed by atoms with Gasteiger partial charge in [-0.3, -0.25) is 4.98 Å². The lowest BCUT2D eigenvalue weighted by Gasteiger charge is -1.90. The predicted octanol–water partition coefficient (Wildman–Crippen LogP) is 1.22. The topological polar surface area (TPSA) is 43.4 Å². The van der Waals surface area contributed by atoms with Gasteiger partial charge >= 0.3 is 0 Å². The Kier molecular flexibility index (Phi) is 2.88. The van der Waals surface area contributed by atoms with Crippen LogP contribution in [0.25, 0.3) is 0 Å². The van der Waals surface area contributed by atoms with E-state index < -0.39 is 0 Å². The molecule has 1 aromatic heterocycles. The van der Waals surface area contributed by atoms with Crippen molar-refractivity contribution >= 4 is 0 Å². The van der Waals surface area contributed by atoms with Crippen molar-refractivity contribution in [3.63, 3.8) is 0 Å². The minimum atomic E-state index is 0. The highest BCUT2D eigenvalue weighted by molar-refractivity contribution is 5.07. The Bertz CT molecular complexity index is 167. The van der Waals surface area contributed by atoms with Gasteiger partial charge in [0.1, 0.15) is 0 Å². The zero-order valence-corrected chi connectivity index (χ0v) is 5.63. The van der Waals surface area contributed by atoms with E-state index in [9.17, 15) is 0 Å². The summed E-state index contributed by atoms with van der Waals surface area (Å²) in [6.07, 6.45) is 0. The highest BCUT2D eigenvalue weighted by Gasteiger charge is 1.82. The fourth-order valence-electron chi connectivity index (χ4n) is 0.679. The first kappa shape index (κ1) is 8.11. The molecule has 1 heterocycles. The summed E-state index contributed by atoms with van der Waals surface area (Å²) in [5.74, 6) is 0. The van der Waals surface area contributed by atoms with Gasteiger partial charge in [0.15, 0.2) is 0 Å². The van der Waals surface area contributed by atoms with Gasteiger partial charge in [-0.15, -0.1) is 0 Å². The van der Waals surface area contributed by atoms with Crippen molar-refractivity contribution in [2.45, 2.75) is 13.8 Å². The molecule has 0 spiro atoms. The van der Waals surface area contributed by atoms with Crippen LogP contribution in [-0.2, 0) is 0 Å². The van der Waals surface area contributed by atoms with Crippen molar-refractivity contribution < 1.29 is 0 Å². The average molecular weight is 121 g/mol. The zero-order chi connectivity index (χ0) is 5.98. The molecule has 0 bridgehead atoms. The van der Waals surface area contributed by atoms with E-state index >= 15 is 0 Å². The van der Waals surface area contributed by atoms with Gasteiger partial charge in [0.05, 0.1) is 0 Å². The molecule has 0 aliphatic carbocycles. The van der Waals surface area contributed by atoms with E-state index in [0.29, 0.717) is 0 Å². The SMILES string of the molecule is Cc1cccc(C)n1.[N]. The van der Waals surface area contributed by atoms with Crippen molar-refractivity contribution in [3.8, 4) is 0 Å². The Labute approximate surface area is 55.5 Å². The normalized spacial score (nSPS) is 8.22. The summed E-state index contributed by atoms with van der Waals surface area (Å²) in [7, 11) is 0. The molecule has 0 N–H and O–H groups in total. The molecule has 0 fully saturated rings. The monoisotopic (exact) mass is 121 g/mol. The van der Waals surface area contributed by atoms with E-state index in [1.165, 1.54) is 0 Å². The van der Waals surface area contributed by atoms with Crippen molar-refractivity contribution in [1.82, 2.24) is 11.1 Å². The van der Waals surface area contributed by atoms with Crippen LogP contribution in [0.4, 0.5) is 0 Å². The van der Waals surface area contributed by atoms with E-state index in [1.54, 1.807) is 0 Å². The fourth-order valence-corrected chi connectivity index (χ4v) is 0.679. The van der Waals surface area contributed by atoms with Gasteiger partial charge in [-0.1, -0.05) is 6.07 Å². The van der Waals surface area contributed by atoms with Crippen LogP contribution < -0.4 is 6.15 Å². The molecule has 1 aromatic rings. The molecule has 2 nitrogen and oxygen atoms in total. The summed E-state index contributed by atoms with van der Waals surface area (Å²) in [6.45, 7) is 3.99. The lowest BCUT2D eigenvalue weighted by molar-refractivity contribution is 1.12. The van der Waals surface area contributed by atoms with Crippen LogP contribution in [0.5, 0.6) is 0 Å². The van der Waals surface area contributed by atoms with Gasteiger partial charge in [-0.25, -0.2) is 0 Å². The molecule has 0 saturated carbocycles. The second-order valence-electron chi connectivity index (χ2n) is 1.92. The molecule has 0 atom stereocenters. The van der Waals surface area contributed by atoms with Crippen molar-refractivity contribution in [3.05, 3.63) is 29.6 Å². The van der Waals surface area contributed by atoms with E-state index in [-0.39, 0.29) is 6.15 Å². The summed E-state index contributed by atoms with van der Waals surface area (Å²) < 4.78 is 0. The lowest BCUT2D eigenvalue weighted by atomic mass is 10.3. The second-order valence-corrected chi connectivity index (χ2v) is 1.92. The van der Waals surface area contributed by atoms with E-state index in [0.717, 1.165) is 11.4 Å². The number of aryl methyl sites for hydroxylation is 2. The van der Waals surface area contributed by atoms with Crippen LogP contribution >= 0.6 is 0 Å². The number of pyridine rings is 1. The highest BCUT2D eigenvalue weighted by atomic mass is 14.7. The standard InChI is InChI=1S/C7H9N.N/c1-6-4-3-5-7(2)8-6;/h3-5H,1-2H3;. The predicted molar refractivity (Wildman–Crippen MR) is 35.8 cm³/mol. The minimum absolute atomic E-state index is 0. The summed E-state index contributed by atoms with van der Waals surface area (Å²) in [5, 5.41) is 0. The van der Waals surface area contributed by atoms with Crippen molar-refractivity contribution in [2.24, 2.45) is 0 Å². The van der Waals surface area contributed by atoms with Crippen molar-refractivity contribution in [2.75, 3.05) is 0 Å². The quantitative estimate of drug-likeness (QED) is 0.509. The first-order valence-corrected chi connectivity index (χ1v) is 2.69. The Balaban J connectivity index is 0.000000640. The van der Waals surface area contributed by atoms with E-state index in [4.69, 9.17) is 0 Å². The number of aromatic nitrogens is 1. The first-order chi connectivity index (χ1) is 3.79. The summed E-state index contributed by atoms with van der Waals surface area (Å²) >= 11 is 0. The zero-order valence-electron chi connectivity index (χ0n) is 5.63. The number of rotatable bonds is 0. The van der Waals surface area contributed by atoms with Crippen LogP contribution in [0.3, 0.4) is 0 Å². The molecule has 0 aliphatic rings. The third kappa shape index (κ3) is 2.24. The molecular weight excluding hydrogens is 112 g/mol. The van der Waals surface area contributed by atoms with Gasteiger partial charge in [-0.05, 0) is 26.0 Å². The Hall–Kier alpha value is -0.890. The van der Waals surface area contributed by atoms with Crippen molar-refractivity contribution in [1.29, 1.82) is 0 Å². The highest BCUT2D eigenvalue weighted by Crippen LogP contribution is 1.93. The average Bonchev–Trinajstić information content (AvgIpc) is 1.64. The van der Waals surface area contributed by atoms with Gasteiger partial charge in [-0.2, -0.15) is 0 Å². The summed E-state index contributed by atoms with van der Waals surface area (Å²) in [4.78, 5) is 4.17. The Morgan fingerprint density at radius 3 is 1.78 bits per heavy atom. The molecule has 47 valence electrons. The lowest BCUT2D eigenvalue weighted by Crippen LogP contribution is -1.81. The van der Waals surface area contributed by atoms with Crippen LogP contribution in [0.2, 0.25) is 0 Å². The number of nitrogens with zero attached hydrogens (tertiary/aromatic N) is 2. The van der Waals surface area contributed by atoms with Gasteiger partial charge in [0, 0.05) is 17.5 Å². The fraction of sp³-hybridized carbons (Fsp3) is 0.286. The van der Waals surface area contributed by atoms with Crippen LogP contribution in [0.15, 0.2) is 18.2 Å². The molecule has 3 radical (unpaired) electrons. The molecule has 1 rings (SSSR count). The van der Waals surface area contributed by atoms with E-state index in [2.05, 4.69) is 4.98 Å². The maximum atomic E-state index is 4.17. The Morgan fingerprint density at radius 2 is 1.56 bits per heavy atom. The maximum Gasteiger partial charge on any atom is 0.0375 e. The third-order valence-corrected chi connectivity index (χ3v) is 1.03. The van der Waals surface area contributed by atoms with Gasteiger partial charge in [0.2, 0.25) is 0 Å². The molecule has 0 unspecified atom stereocenters. The molecular formula is C7H9N2. The minimum Gasteiger partial charge on any atom is -0.258 e. The molecule has 0 aromatic carbocycles. The van der Waals surface area contributed by atoms with Crippen LogP contribution in [0.1, 0.15) is 11.4 Å². The summed E-state index contributed by atoms with van der Waals surface area (Å²) in [5.41, 5.74) is 2.18. The second kappa shape index (κ2) is 3.20. The number of hydrogen-bond acceptors (Lipinski definition) is 1. The number of hydrogen-bond donors (Lipinski definition) is 0. The largest absolute Gasteiger partial charge is 0.258 e. The van der Waals surface area contributed by atoms with Gasteiger partial charge < -0.3 is 0 Å². The Morgan fingerprint density at radius 1 is 1.11 bits per heavy atom. The molecule has 9 heavy (non-hydrogen) atoms. The maximum absolute atomic E-state index is 4.17. The summed E-state index contributed by atoms with van der Waals surface area (Å²) in [6, 6.07) is 6.00. The first-order valence-electron chi connectivity index (χ1n) is 2.69. The smallest absolute Gasteiger partial charge is 0.0375 e. The molecule has 0 saturated heterocycles. The third-order valence-electron chi connectivity index (χ3n) is 1.03. The molecule has 0 aliphatic heterocycles. The van der Waals surface area contributed by atoms with Crippen LogP contribution in [-0.4, -0.2) is 4.98 Å². The molecule has 0 amide bonds. The van der Waals surface area contributed by atoms with Gasteiger partial charge in [0.25, 0.3) is 0 Å².